The third-order valence-electron chi connectivity index (χ3n) is 4.22. The summed E-state index contributed by atoms with van der Waals surface area (Å²) in [4.78, 5) is 11.0. The molecule has 7 heteroatoms. The van der Waals surface area contributed by atoms with Gasteiger partial charge in [-0.25, -0.2) is 0 Å². The Labute approximate surface area is 186 Å². The Hall–Kier alpha value is 1.99. The Morgan fingerprint density at radius 3 is 2.53 bits per heavy atom. The van der Waals surface area contributed by atoms with Crippen molar-refractivity contribution in [3.8, 4) is 0 Å². The van der Waals surface area contributed by atoms with Gasteiger partial charge in [-0.05, 0) is 38.1 Å². The van der Waals surface area contributed by atoms with E-state index in [1.165, 1.54) is 0 Å². The number of nitrogens with two attached hydrogens (primary N) is 1. The Kier molecular flexibility index (Phi) is 10.9. The van der Waals surface area contributed by atoms with Crippen molar-refractivity contribution in [1.29, 1.82) is 0 Å². The number of hydrogen-bond acceptors (Lipinski definition) is 3. The second kappa shape index (κ2) is 9.89. The molecule has 0 aromatic heterocycles. The molecule has 1 aliphatic heterocycles. The van der Waals surface area contributed by atoms with Crippen LogP contribution in [0.1, 0.15) is 25.7 Å². The summed E-state index contributed by atoms with van der Waals surface area (Å²) < 4.78 is 0. The van der Waals surface area contributed by atoms with E-state index in [2.05, 4.69) is 10.6 Å². The van der Waals surface area contributed by atoms with Gasteiger partial charge in [0.05, 0.1) is 5.91 Å². The Balaban J connectivity index is 0.00000162. The smallest absolute Gasteiger partial charge is 0.668 e. The van der Waals surface area contributed by atoms with E-state index in [0.29, 0.717) is 5.92 Å². The zero-order valence-corrected chi connectivity index (χ0v) is 19.4. The first-order chi connectivity index (χ1) is 8.12. The van der Waals surface area contributed by atoms with E-state index in [4.69, 9.17) is 11.5 Å². The predicted molar refractivity (Wildman–Crippen MR) is 67.7 cm³/mol. The van der Waals surface area contributed by atoms with Crippen molar-refractivity contribution >= 4 is 5.91 Å². The van der Waals surface area contributed by atoms with Gasteiger partial charge < -0.3 is 26.9 Å². The van der Waals surface area contributed by atoms with Gasteiger partial charge in [-0.15, -0.1) is 13.1 Å². The van der Waals surface area contributed by atoms with Crippen molar-refractivity contribution < 1.29 is 92.2 Å². The number of hydrogen-bond donors (Lipinski definition) is 2. The maximum atomic E-state index is 11.0. The molecule has 1 aliphatic carbocycles. The minimum Gasteiger partial charge on any atom is -0.668 e. The largest absolute Gasteiger partial charge is 1.00 e. The summed E-state index contributed by atoms with van der Waals surface area (Å²) in [5, 5.41) is 7.81. The molecule has 0 spiro atoms. The van der Waals surface area contributed by atoms with Gasteiger partial charge in [0, 0.05) is 36.6 Å². The van der Waals surface area contributed by atoms with Crippen LogP contribution < -0.4 is 79.9 Å². The molecule has 1 saturated heterocycles. The first-order valence-electron chi connectivity index (χ1n) is 6.50. The second-order valence-corrected chi connectivity index (χ2v) is 5.43. The van der Waals surface area contributed by atoms with Crippen molar-refractivity contribution in [2.24, 2.45) is 17.6 Å². The summed E-state index contributed by atoms with van der Waals surface area (Å²) in [6, 6.07) is 0. The Morgan fingerprint density at radius 2 is 1.95 bits per heavy atom. The van der Waals surface area contributed by atoms with Gasteiger partial charge in [-0.2, -0.15) is 0 Å². The van der Waals surface area contributed by atoms with E-state index in [-0.39, 0.29) is 98.9 Å². The molecule has 4 N–H and O–H groups in total. The van der Waals surface area contributed by atoms with E-state index in [0.717, 1.165) is 51.9 Å². The third kappa shape index (κ3) is 5.94. The van der Waals surface area contributed by atoms with Gasteiger partial charge in [-0.1, -0.05) is 0 Å². The van der Waals surface area contributed by atoms with Crippen molar-refractivity contribution in [3.63, 3.8) is 0 Å². The summed E-state index contributed by atoms with van der Waals surface area (Å²) >= 11 is 0. The quantitative estimate of drug-likeness (QED) is 0.542. The fraction of sp³-hybridized carbons (Fsp3) is 0.917. The summed E-state index contributed by atoms with van der Waals surface area (Å²) in [6.45, 7) is 3.31. The SMILES string of the molecule is [Cs+].[NH-]C(=O)C1CCC(C2(N)C[N-]CCNC2)CC1.[V]. The summed E-state index contributed by atoms with van der Waals surface area (Å²) in [7, 11) is 0. The number of carbonyl (C=O) groups excluding carboxylic acids is 1. The maximum Gasteiger partial charge on any atom is 1.00 e. The molecular formula is C12H22CsN4OV-. The van der Waals surface area contributed by atoms with Crippen LogP contribution in [-0.2, 0) is 23.4 Å². The van der Waals surface area contributed by atoms with E-state index < -0.39 is 5.91 Å². The van der Waals surface area contributed by atoms with Crippen LogP contribution in [0.5, 0.6) is 0 Å². The number of nitrogens with one attached hydrogen (secondary N) is 2. The first-order valence-corrected chi connectivity index (χ1v) is 6.50. The maximum absolute atomic E-state index is 11.0. The standard InChI is InChI=1S/C12H23N4O.Cs.V/c13-11(17)9-1-3-10(4-2-9)12(14)7-15-5-6-16-8-12;;/h9-10,15H,1-8,14H2,(H2,13,17);;/q-1;+1;/p-1. The molecule has 2 aliphatic rings. The van der Waals surface area contributed by atoms with E-state index >= 15 is 0 Å². The minimum atomic E-state index is -0.404. The number of amides is 1. The number of nitrogens with zero attached hydrogens (tertiary/aromatic N) is 1. The zero-order chi connectivity index (χ0) is 12.3. The molecule has 2 fully saturated rings. The van der Waals surface area contributed by atoms with Crippen LogP contribution in [0.25, 0.3) is 11.1 Å². The molecule has 1 amide bonds. The number of rotatable bonds is 2. The molecule has 19 heavy (non-hydrogen) atoms. The second-order valence-electron chi connectivity index (χ2n) is 5.43. The monoisotopic (exact) mass is 422 g/mol. The van der Waals surface area contributed by atoms with Crippen molar-refractivity contribution in [1.82, 2.24) is 5.32 Å². The molecule has 103 valence electrons. The van der Waals surface area contributed by atoms with Crippen LogP contribution >= 0.6 is 0 Å². The molecule has 2 rings (SSSR count). The van der Waals surface area contributed by atoms with Gasteiger partial charge in [0.25, 0.3) is 0 Å². The first kappa shape index (κ1) is 21.0. The zero-order valence-electron chi connectivity index (χ0n) is 11.7. The molecule has 0 bridgehead atoms. The van der Waals surface area contributed by atoms with Crippen LogP contribution in [0.3, 0.4) is 0 Å². The van der Waals surface area contributed by atoms with E-state index in [9.17, 15) is 4.79 Å². The Morgan fingerprint density at radius 1 is 1.32 bits per heavy atom. The molecule has 0 aromatic carbocycles. The van der Waals surface area contributed by atoms with Gasteiger partial charge in [0.2, 0.25) is 0 Å². The van der Waals surface area contributed by atoms with Gasteiger partial charge in [-0.3, -0.25) is 0 Å². The molecule has 1 unspecified atom stereocenters. The van der Waals surface area contributed by atoms with Gasteiger partial charge >= 0.3 is 68.9 Å². The molecule has 1 atom stereocenters. The van der Waals surface area contributed by atoms with Crippen LogP contribution in [0, 0.1) is 11.8 Å². The fourth-order valence-corrected chi connectivity index (χ4v) is 3.03. The molecule has 5 nitrogen and oxygen atoms in total. The average Bonchev–Trinajstić information content (AvgIpc) is 2.55. The molecule has 1 radical (unpaired) electrons. The Bertz CT molecular complexity index is 277. The summed E-state index contributed by atoms with van der Waals surface area (Å²) in [5.41, 5.74) is 13.4. The van der Waals surface area contributed by atoms with Crippen molar-refractivity contribution in [3.05, 3.63) is 11.1 Å². The van der Waals surface area contributed by atoms with Gasteiger partial charge in [0.15, 0.2) is 0 Å². The summed E-state index contributed by atoms with van der Waals surface area (Å²) in [6.07, 6.45) is 3.57. The van der Waals surface area contributed by atoms with Crippen LogP contribution in [0.15, 0.2) is 0 Å². The van der Waals surface area contributed by atoms with E-state index in [1.807, 2.05) is 0 Å². The van der Waals surface area contributed by atoms with Crippen LogP contribution in [0.4, 0.5) is 0 Å². The van der Waals surface area contributed by atoms with Crippen LogP contribution in [0.2, 0.25) is 0 Å². The fourth-order valence-electron chi connectivity index (χ4n) is 3.03. The molecule has 0 aromatic rings. The third-order valence-corrected chi connectivity index (χ3v) is 4.22. The number of carbonyl (C=O) groups is 1. The molecular weight excluding hydrogens is 400 g/mol. The molecule has 1 saturated carbocycles. The normalized spacial score (nSPS) is 35.4. The average molecular weight is 422 g/mol. The topological polar surface area (TPSA) is 93.0 Å². The summed E-state index contributed by atoms with van der Waals surface area (Å²) in [5.74, 6) is -0.0174. The van der Waals surface area contributed by atoms with Crippen molar-refractivity contribution in [2.75, 3.05) is 26.2 Å². The van der Waals surface area contributed by atoms with Crippen molar-refractivity contribution in [2.45, 2.75) is 31.2 Å². The van der Waals surface area contributed by atoms with E-state index in [1.54, 1.807) is 0 Å². The minimum absolute atomic E-state index is 0. The van der Waals surface area contributed by atoms with Gasteiger partial charge in [0.1, 0.15) is 0 Å². The molecule has 1 heterocycles. The predicted octanol–water partition coefficient (Wildman–Crippen LogP) is -1.95. The van der Waals surface area contributed by atoms with Crippen LogP contribution in [-0.4, -0.2) is 37.6 Å².